The molecule has 2 N–H and O–H groups in total. The molecule has 34 heavy (non-hydrogen) atoms. The molecule has 0 spiro atoms. The molecule has 0 bridgehead atoms. The third-order valence-electron chi connectivity index (χ3n) is 4.96. The fourth-order valence-electron chi connectivity index (χ4n) is 3.35. The molecule has 1 amide bonds. The van der Waals surface area contributed by atoms with Crippen molar-refractivity contribution in [3.8, 4) is 5.82 Å². The van der Waals surface area contributed by atoms with E-state index in [-0.39, 0.29) is 12.3 Å². The molecule has 174 valence electrons. The fourth-order valence-corrected chi connectivity index (χ4v) is 3.35. The molecule has 0 aliphatic rings. The zero-order valence-corrected chi connectivity index (χ0v) is 18.4. The zero-order chi connectivity index (χ0) is 24.3. The van der Waals surface area contributed by atoms with Gasteiger partial charge in [-0.05, 0) is 74.0 Å². The van der Waals surface area contributed by atoms with Crippen molar-refractivity contribution in [3.05, 3.63) is 89.2 Å². The number of benzene rings is 2. The minimum Gasteiger partial charge on any atom is -0.339 e. The van der Waals surface area contributed by atoms with Crippen molar-refractivity contribution in [3.63, 3.8) is 0 Å². The first-order valence-corrected chi connectivity index (χ1v) is 10.4. The molecular formula is C24H21F3N6O. The Bertz CT molecular complexity index is 1280. The highest BCUT2D eigenvalue weighted by atomic mass is 19.4. The van der Waals surface area contributed by atoms with Gasteiger partial charge in [0.15, 0.2) is 11.6 Å². The number of aromatic nitrogens is 4. The Morgan fingerprint density at radius 1 is 0.912 bits per heavy atom. The van der Waals surface area contributed by atoms with Crippen LogP contribution in [-0.2, 0) is 17.4 Å². The van der Waals surface area contributed by atoms with Crippen molar-refractivity contribution in [2.24, 2.45) is 0 Å². The zero-order valence-electron chi connectivity index (χ0n) is 18.4. The Labute approximate surface area is 193 Å². The van der Waals surface area contributed by atoms with E-state index in [9.17, 15) is 18.0 Å². The van der Waals surface area contributed by atoms with Crippen LogP contribution in [-0.4, -0.2) is 25.9 Å². The summed E-state index contributed by atoms with van der Waals surface area (Å²) < 4.78 is 39.7. The average molecular weight is 466 g/mol. The summed E-state index contributed by atoms with van der Waals surface area (Å²) in [4.78, 5) is 12.2. The van der Waals surface area contributed by atoms with Crippen molar-refractivity contribution >= 4 is 23.1 Å². The van der Waals surface area contributed by atoms with E-state index in [1.54, 1.807) is 35.0 Å². The predicted molar refractivity (Wildman–Crippen MR) is 122 cm³/mol. The molecule has 2 aromatic carbocycles. The molecule has 4 rings (SSSR count). The van der Waals surface area contributed by atoms with Gasteiger partial charge in [0.05, 0.1) is 17.7 Å². The van der Waals surface area contributed by atoms with Crippen LogP contribution in [0, 0.1) is 13.8 Å². The third-order valence-corrected chi connectivity index (χ3v) is 4.96. The highest BCUT2D eigenvalue weighted by Gasteiger charge is 2.29. The van der Waals surface area contributed by atoms with Gasteiger partial charge in [0.1, 0.15) is 0 Å². The van der Waals surface area contributed by atoms with Crippen LogP contribution in [0.3, 0.4) is 0 Å². The highest BCUT2D eigenvalue weighted by Crippen LogP contribution is 2.29. The number of anilines is 3. The molecule has 2 heterocycles. The highest BCUT2D eigenvalue weighted by molar-refractivity contribution is 5.92. The van der Waals surface area contributed by atoms with Crippen LogP contribution in [0.25, 0.3) is 5.82 Å². The topological polar surface area (TPSA) is 84.7 Å². The van der Waals surface area contributed by atoms with Gasteiger partial charge in [-0.15, -0.1) is 10.2 Å². The van der Waals surface area contributed by atoms with E-state index in [1.165, 1.54) is 12.1 Å². The summed E-state index contributed by atoms with van der Waals surface area (Å²) in [5.74, 6) is 0.831. The summed E-state index contributed by atoms with van der Waals surface area (Å²) >= 11 is 0. The van der Waals surface area contributed by atoms with Crippen molar-refractivity contribution in [2.45, 2.75) is 26.4 Å². The second-order valence-corrected chi connectivity index (χ2v) is 7.74. The number of rotatable bonds is 6. The SMILES string of the molecule is Cc1cc(C)n(-c2ccc(Nc3ccc(NC(=O)Cc4ccc(C(F)(F)F)cc4)cc3)nn2)n1. The van der Waals surface area contributed by atoms with E-state index in [0.29, 0.717) is 22.9 Å². The number of aryl methyl sites for hydroxylation is 2. The molecule has 2 aromatic heterocycles. The van der Waals surface area contributed by atoms with Gasteiger partial charge in [-0.3, -0.25) is 4.79 Å². The monoisotopic (exact) mass is 466 g/mol. The summed E-state index contributed by atoms with van der Waals surface area (Å²) in [5.41, 5.74) is 2.91. The first kappa shape index (κ1) is 23.0. The number of carbonyl (C=O) groups is 1. The van der Waals surface area contributed by atoms with Crippen LogP contribution in [0.1, 0.15) is 22.5 Å². The molecule has 0 radical (unpaired) electrons. The average Bonchev–Trinajstić information content (AvgIpc) is 3.13. The van der Waals surface area contributed by atoms with Gasteiger partial charge in [0, 0.05) is 17.1 Å². The van der Waals surface area contributed by atoms with Crippen molar-refractivity contribution in [1.82, 2.24) is 20.0 Å². The first-order chi connectivity index (χ1) is 16.2. The Balaban J connectivity index is 1.33. The lowest BCUT2D eigenvalue weighted by atomic mass is 10.1. The molecule has 7 nitrogen and oxygen atoms in total. The van der Waals surface area contributed by atoms with E-state index in [1.807, 2.05) is 26.0 Å². The van der Waals surface area contributed by atoms with Crippen molar-refractivity contribution in [2.75, 3.05) is 10.6 Å². The minimum absolute atomic E-state index is 0.0324. The summed E-state index contributed by atoms with van der Waals surface area (Å²) in [6, 6.07) is 17.1. The predicted octanol–water partition coefficient (Wildman–Crippen LogP) is 5.22. The normalized spacial score (nSPS) is 11.3. The van der Waals surface area contributed by atoms with Gasteiger partial charge in [0.25, 0.3) is 0 Å². The molecule has 0 aliphatic heterocycles. The molecule has 4 aromatic rings. The molecule has 0 unspecified atom stereocenters. The van der Waals surface area contributed by atoms with Crippen molar-refractivity contribution < 1.29 is 18.0 Å². The number of hydrogen-bond acceptors (Lipinski definition) is 5. The van der Waals surface area contributed by atoms with Gasteiger partial charge < -0.3 is 10.6 Å². The molecular weight excluding hydrogens is 445 g/mol. The van der Waals surface area contributed by atoms with Gasteiger partial charge in [-0.25, -0.2) is 4.68 Å². The Hall–Kier alpha value is -4.21. The van der Waals surface area contributed by atoms with E-state index in [4.69, 9.17) is 0 Å². The van der Waals surface area contributed by atoms with Crippen LogP contribution >= 0.6 is 0 Å². The first-order valence-electron chi connectivity index (χ1n) is 10.4. The quantitative estimate of drug-likeness (QED) is 0.407. The molecule has 0 saturated carbocycles. The van der Waals surface area contributed by atoms with E-state index < -0.39 is 11.7 Å². The molecule has 10 heteroatoms. The van der Waals surface area contributed by atoms with Gasteiger partial charge in [0.2, 0.25) is 5.91 Å². The molecule has 0 atom stereocenters. The van der Waals surface area contributed by atoms with Gasteiger partial charge in [-0.2, -0.15) is 18.3 Å². The van der Waals surface area contributed by atoms with Crippen LogP contribution in [0.2, 0.25) is 0 Å². The second-order valence-electron chi connectivity index (χ2n) is 7.74. The Kier molecular flexibility index (Phi) is 6.31. The van der Waals surface area contributed by atoms with Crippen molar-refractivity contribution in [1.29, 1.82) is 0 Å². The lowest BCUT2D eigenvalue weighted by Gasteiger charge is -2.10. The standard InChI is InChI=1S/C24H21F3N6O/c1-15-13-16(2)33(32-15)22-12-11-21(30-31-22)28-19-7-9-20(10-8-19)29-23(34)14-17-3-5-18(6-4-17)24(25,26)27/h3-13H,14H2,1-2H3,(H,28,30)(H,29,34). The van der Waals surface area contributed by atoms with Crippen LogP contribution in [0.4, 0.5) is 30.4 Å². The number of carbonyl (C=O) groups excluding carboxylic acids is 1. The number of halogens is 3. The summed E-state index contributed by atoms with van der Waals surface area (Å²) in [6.45, 7) is 3.85. The lowest BCUT2D eigenvalue weighted by molar-refractivity contribution is -0.137. The largest absolute Gasteiger partial charge is 0.416 e. The third kappa shape index (κ3) is 5.58. The summed E-state index contributed by atoms with van der Waals surface area (Å²) in [7, 11) is 0. The minimum atomic E-state index is -4.40. The maximum atomic E-state index is 12.6. The van der Waals surface area contributed by atoms with Crippen LogP contribution in [0.15, 0.2) is 66.7 Å². The number of alkyl halides is 3. The molecule has 0 aliphatic carbocycles. The summed E-state index contributed by atoms with van der Waals surface area (Å²) in [6.07, 6.45) is -4.43. The van der Waals surface area contributed by atoms with Crippen LogP contribution in [0.5, 0.6) is 0 Å². The molecule has 0 fully saturated rings. The second kappa shape index (κ2) is 9.34. The number of amides is 1. The van der Waals surface area contributed by atoms with E-state index in [0.717, 1.165) is 29.2 Å². The smallest absolute Gasteiger partial charge is 0.339 e. The maximum Gasteiger partial charge on any atom is 0.416 e. The summed E-state index contributed by atoms with van der Waals surface area (Å²) in [5, 5.41) is 18.6. The lowest BCUT2D eigenvalue weighted by Crippen LogP contribution is -2.14. The number of hydrogen-bond donors (Lipinski definition) is 2. The van der Waals surface area contributed by atoms with Gasteiger partial charge in [-0.1, -0.05) is 12.1 Å². The van der Waals surface area contributed by atoms with E-state index in [2.05, 4.69) is 25.9 Å². The fraction of sp³-hybridized carbons (Fsp3) is 0.167. The number of nitrogens with one attached hydrogen (secondary N) is 2. The maximum absolute atomic E-state index is 12.6. The van der Waals surface area contributed by atoms with Gasteiger partial charge >= 0.3 is 6.18 Å². The van der Waals surface area contributed by atoms with E-state index >= 15 is 0 Å². The Morgan fingerprint density at radius 2 is 1.59 bits per heavy atom. The molecule has 0 saturated heterocycles. The Morgan fingerprint density at radius 3 is 2.15 bits per heavy atom. The van der Waals surface area contributed by atoms with Crippen LogP contribution < -0.4 is 10.6 Å². The number of nitrogens with zero attached hydrogens (tertiary/aromatic N) is 4.